The molecule has 1 aliphatic carbocycles. The lowest BCUT2D eigenvalue weighted by molar-refractivity contribution is 0.281. The van der Waals surface area contributed by atoms with Gasteiger partial charge in [-0.05, 0) is 44.5 Å². The van der Waals surface area contributed by atoms with Crippen LogP contribution in [0.15, 0.2) is 27.6 Å². The van der Waals surface area contributed by atoms with Gasteiger partial charge in [0.2, 0.25) is 10.0 Å². The lowest BCUT2D eigenvalue weighted by Gasteiger charge is -2.10. The minimum atomic E-state index is -3.57. The molecule has 0 radical (unpaired) electrons. The van der Waals surface area contributed by atoms with Crippen molar-refractivity contribution in [3.63, 3.8) is 0 Å². The quantitative estimate of drug-likeness (QED) is 0.866. The van der Waals surface area contributed by atoms with Crippen LogP contribution < -0.4 is 4.72 Å². The molecule has 4 nitrogen and oxygen atoms in total. The summed E-state index contributed by atoms with van der Waals surface area (Å²) < 4.78 is 28.2. The molecule has 0 heterocycles. The molecular formula is C14H20BrNO3S. The second-order valence-electron chi connectivity index (χ2n) is 6.42. The summed E-state index contributed by atoms with van der Waals surface area (Å²) in [6.07, 6.45) is 0. The van der Waals surface area contributed by atoms with E-state index in [1.165, 1.54) is 6.07 Å². The van der Waals surface area contributed by atoms with E-state index >= 15 is 0 Å². The van der Waals surface area contributed by atoms with Crippen LogP contribution in [0, 0.1) is 10.8 Å². The van der Waals surface area contributed by atoms with E-state index in [2.05, 4.69) is 48.3 Å². The van der Waals surface area contributed by atoms with E-state index in [9.17, 15) is 8.42 Å². The molecule has 0 saturated heterocycles. The Bertz CT molecular complexity index is 624. The van der Waals surface area contributed by atoms with Crippen molar-refractivity contribution in [3.05, 3.63) is 28.2 Å². The van der Waals surface area contributed by atoms with Crippen LogP contribution in [0.3, 0.4) is 0 Å². The van der Waals surface area contributed by atoms with Gasteiger partial charge in [-0.3, -0.25) is 0 Å². The number of rotatable bonds is 4. The van der Waals surface area contributed by atoms with Gasteiger partial charge in [-0.15, -0.1) is 0 Å². The van der Waals surface area contributed by atoms with Crippen molar-refractivity contribution in [2.75, 3.05) is 0 Å². The maximum absolute atomic E-state index is 12.5. The van der Waals surface area contributed by atoms with Crippen molar-refractivity contribution in [1.29, 1.82) is 0 Å². The van der Waals surface area contributed by atoms with Gasteiger partial charge in [0.05, 0.1) is 11.5 Å². The summed E-state index contributed by atoms with van der Waals surface area (Å²) >= 11 is 3.26. The first-order valence-electron chi connectivity index (χ1n) is 6.45. The first kappa shape index (κ1) is 15.9. The van der Waals surface area contributed by atoms with E-state index in [0.717, 1.165) is 0 Å². The van der Waals surface area contributed by atoms with Crippen LogP contribution in [0.4, 0.5) is 0 Å². The average Bonchev–Trinajstić information content (AvgIpc) is 2.70. The van der Waals surface area contributed by atoms with Crippen LogP contribution in [-0.4, -0.2) is 19.6 Å². The molecular weight excluding hydrogens is 342 g/mol. The Morgan fingerprint density at radius 1 is 1.25 bits per heavy atom. The summed E-state index contributed by atoms with van der Waals surface area (Å²) in [5.74, 6) is 0. The van der Waals surface area contributed by atoms with Crippen LogP contribution in [0.5, 0.6) is 0 Å². The number of aliphatic hydroxyl groups is 1. The molecule has 1 aromatic rings. The van der Waals surface area contributed by atoms with Crippen LogP contribution in [-0.2, 0) is 16.6 Å². The molecule has 0 aliphatic heterocycles. The minimum Gasteiger partial charge on any atom is -0.392 e. The van der Waals surface area contributed by atoms with E-state index < -0.39 is 10.0 Å². The predicted octanol–water partition coefficient (Wildman–Crippen LogP) is 2.65. The smallest absolute Gasteiger partial charge is 0.241 e. The largest absolute Gasteiger partial charge is 0.392 e. The van der Waals surface area contributed by atoms with E-state index in [1.54, 1.807) is 12.1 Å². The molecule has 0 unspecified atom stereocenters. The Morgan fingerprint density at radius 3 is 2.20 bits per heavy atom. The number of hydrogen-bond acceptors (Lipinski definition) is 3. The Kier molecular flexibility index (Phi) is 3.83. The van der Waals surface area contributed by atoms with Crippen LogP contribution >= 0.6 is 15.9 Å². The number of halogens is 1. The monoisotopic (exact) mass is 361 g/mol. The molecule has 1 aliphatic rings. The molecule has 1 fully saturated rings. The van der Waals surface area contributed by atoms with Crippen molar-refractivity contribution in [2.24, 2.45) is 10.8 Å². The fraction of sp³-hybridized carbons (Fsp3) is 0.571. The lowest BCUT2D eigenvalue weighted by Crippen LogP contribution is -2.30. The Balaban J connectivity index is 2.29. The van der Waals surface area contributed by atoms with Gasteiger partial charge in [-0.1, -0.05) is 33.8 Å². The molecule has 112 valence electrons. The summed E-state index contributed by atoms with van der Waals surface area (Å²) in [4.78, 5) is 0.202. The van der Waals surface area contributed by atoms with Crippen LogP contribution in [0.1, 0.15) is 33.3 Å². The molecule has 0 atom stereocenters. The van der Waals surface area contributed by atoms with Gasteiger partial charge >= 0.3 is 0 Å². The molecule has 0 bridgehead atoms. The van der Waals surface area contributed by atoms with Crippen molar-refractivity contribution in [2.45, 2.75) is 45.2 Å². The zero-order valence-corrected chi connectivity index (χ0v) is 14.5. The molecule has 0 spiro atoms. The normalized spacial score (nSPS) is 20.9. The number of nitrogens with one attached hydrogen (secondary N) is 1. The van der Waals surface area contributed by atoms with Crippen molar-refractivity contribution >= 4 is 26.0 Å². The standard InChI is InChI=1S/C14H20BrNO3S/c1-13(2)12(14(13,3)4)16-20(18,19)11-6-5-9(8-17)7-10(11)15/h5-7,12,16-17H,8H2,1-4H3. The van der Waals surface area contributed by atoms with Gasteiger partial charge in [0, 0.05) is 10.5 Å². The van der Waals surface area contributed by atoms with Gasteiger partial charge in [0.1, 0.15) is 0 Å². The van der Waals surface area contributed by atoms with Crippen molar-refractivity contribution in [1.82, 2.24) is 4.72 Å². The molecule has 20 heavy (non-hydrogen) atoms. The van der Waals surface area contributed by atoms with Gasteiger partial charge in [-0.2, -0.15) is 0 Å². The van der Waals surface area contributed by atoms with E-state index in [-0.39, 0.29) is 28.4 Å². The first-order chi connectivity index (χ1) is 9.04. The minimum absolute atomic E-state index is 0.0580. The highest BCUT2D eigenvalue weighted by Crippen LogP contribution is 2.63. The number of benzene rings is 1. The fourth-order valence-electron chi connectivity index (χ4n) is 2.57. The highest BCUT2D eigenvalue weighted by molar-refractivity contribution is 9.10. The van der Waals surface area contributed by atoms with Crippen LogP contribution in [0.2, 0.25) is 0 Å². The molecule has 2 N–H and O–H groups in total. The molecule has 6 heteroatoms. The number of sulfonamides is 1. The number of hydrogen-bond donors (Lipinski definition) is 2. The van der Waals surface area contributed by atoms with E-state index in [1.807, 2.05) is 0 Å². The first-order valence-corrected chi connectivity index (χ1v) is 8.73. The van der Waals surface area contributed by atoms with Crippen molar-refractivity contribution in [3.8, 4) is 0 Å². The Hall–Kier alpha value is -0.430. The Morgan fingerprint density at radius 2 is 1.80 bits per heavy atom. The highest BCUT2D eigenvalue weighted by Gasteiger charge is 2.66. The highest BCUT2D eigenvalue weighted by atomic mass is 79.9. The average molecular weight is 362 g/mol. The van der Waals surface area contributed by atoms with Crippen LogP contribution in [0.25, 0.3) is 0 Å². The third-order valence-corrected chi connectivity index (χ3v) is 7.16. The number of aliphatic hydroxyl groups excluding tert-OH is 1. The SMILES string of the molecule is CC1(C)C(NS(=O)(=O)c2ccc(CO)cc2Br)C1(C)C. The van der Waals surface area contributed by atoms with Gasteiger partial charge in [-0.25, -0.2) is 13.1 Å². The summed E-state index contributed by atoms with van der Waals surface area (Å²) in [5, 5.41) is 9.06. The molecule has 0 amide bonds. The van der Waals surface area contributed by atoms with Crippen molar-refractivity contribution < 1.29 is 13.5 Å². The van der Waals surface area contributed by atoms with Gasteiger partial charge in [0.15, 0.2) is 0 Å². The maximum Gasteiger partial charge on any atom is 0.241 e. The predicted molar refractivity (Wildman–Crippen MR) is 81.7 cm³/mol. The zero-order valence-electron chi connectivity index (χ0n) is 12.1. The maximum atomic E-state index is 12.5. The summed E-state index contributed by atoms with van der Waals surface area (Å²) in [6.45, 7) is 8.12. The van der Waals surface area contributed by atoms with Gasteiger partial charge in [0.25, 0.3) is 0 Å². The van der Waals surface area contributed by atoms with E-state index in [4.69, 9.17) is 5.11 Å². The summed E-state index contributed by atoms with van der Waals surface area (Å²) in [7, 11) is -3.57. The third kappa shape index (κ3) is 2.43. The second-order valence-corrected chi connectivity index (χ2v) is 8.96. The zero-order chi connectivity index (χ0) is 15.3. The topological polar surface area (TPSA) is 66.4 Å². The fourth-order valence-corrected chi connectivity index (χ4v) is 5.23. The lowest BCUT2D eigenvalue weighted by atomic mass is 10.0. The molecule has 0 aromatic heterocycles. The third-order valence-electron chi connectivity index (χ3n) is 4.76. The Labute approximate surface area is 128 Å². The van der Waals surface area contributed by atoms with E-state index in [0.29, 0.717) is 10.0 Å². The molecule has 1 aromatic carbocycles. The second kappa shape index (κ2) is 4.80. The molecule has 2 rings (SSSR count). The van der Waals surface area contributed by atoms with Gasteiger partial charge < -0.3 is 5.11 Å². The summed E-state index contributed by atoms with van der Waals surface area (Å²) in [5.41, 5.74) is 0.553. The summed E-state index contributed by atoms with van der Waals surface area (Å²) in [6, 6.07) is 4.67. The molecule has 1 saturated carbocycles.